The molecule has 0 aliphatic carbocycles. The summed E-state index contributed by atoms with van der Waals surface area (Å²) in [6.45, 7) is 3.95. The molecular formula is C8H19ClN2O2. The van der Waals surface area contributed by atoms with Gasteiger partial charge in [-0.3, -0.25) is 0 Å². The lowest BCUT2D eigenvalue weighted by molar-refractivity contribution is 0.144. The molecule has 0 fully saturated rings. The summed E-state index contributed by atoms with van der Waals surface area (Å²) in [4.78, 5) is 10.8. The quantitative estimate of drug-likeness (QED) is 0.647. The fraction of sp³-hybridized carbons (Fsp3) is 0.875. The van der Waals surface area contributed by atoms with Gasteiger partial charge in [-0.1, -0.05) is 13.3 Å². The van der Waals surface area contributed by atoms with E-state index in [4.69, 9.17) is 4.74 Å². The molecule has 1 amide bonds. The molecule has 0 unspecified atom stereocenters. The van der Waals surface area contributed by atoms with Crippen LogP contribution in [0.25, 0.3) is 0 Å². The molecule has 0 saturated heterocycles. The monoisotopic (exact) mass is 210 g/mol. The van der Waals surface area contributed by atoms with Crippen molar-refractivity contribution in [3.63, 3.8) is 0 Å². The molecule has 13 heavy (non-hydrogen) atoms. The number of unbranched alkanes of at least 4 members (excludes halogenated alkanes) is 1. The summed E-state index contributed by atoms with van der Waals surface area (Å²) in [6, 6.07) is 0. The van der Waals surface area contributed by atoms with Gasteiger partial charge in [-0.2, -0.15) is 0 Å². The lowest BCUT2D eigenvalue weighted by Gasteiger charge is -2.05. The van der Waals surface area contributed by atoms with Gasteiger partial charge in [0.1, 0.15) is 0 Å². The smallest absolute Gasteiger partial charge is 0.407 e. The Balaban J connectivity index is 0. The maximum atomic E-state index is 10.8. The highest BCUT2D eigenvalue weighted by Gasteiger charge is 1.98. The maximum absolute atomic E-state index is 10.8. The first-order chi connectivity index (χ1) is 5.81. The second kappa shape index (κ2) is 11.5. The zero-order valence-corrected chi connectivity index (χ0v) is 9.08. The van der Waals surface area contributed by atoms with E-state index in [0.717, 1.165) is 19.4 Å². The molecule has 0 aromatic heterocycles. The molecule has 5 heteroatoms. The van der Waals surface area contributed by atoms with Crippen LogP contribution in [0.2, 0.25) is 0 Å². The number of hydrogen-bond acceptors (Lipinski definition) is 3. The summed E-state index contributed by atoms with van der Waals surface area (Å²) < 4.78 is 4.85. The van der Waals surface area contributed by atoms with E-state index in [1.54, 1.807) is 0 Å². The van der Waals surface area contributed by atoms with Crippen molar-refractivity contribution in [3.8, 4) is 0 Å². The number of alkyl carbamates (subject to hydrolysis) is 1. The van der Waals surface area contributed by atoms with E-state index >= 15 is 0 Å². The number of hydrogen-bond donors (Lipinski definition) is 2. The average molecular weight is 211 g/mol. The highest BCUT2D eigenvalue weighted by Crippen LogP contribution is 1.87. The molecule has 0 aromatic carbocycles. The first-order valence-electron chi connectivity index (χ1n) is 4.36. The van der Waals surface area contributed by atoms with Gasteiger partial charge in [0.25, 0.3) is 0 Å². The third-order valence-corrected chi connectivity index (χ3v) is 1.38. The van der Waals surface area contributed by atoms with Crippen LogP contribution < -0.4 is 10.6 Å². The van der Waals surface area contributed by atoms with Gasteiger partial charge in [-0.25, -0.2) is 4.79 Å². The predicted molar refractivity (Wildman–Crippen MR) is 55.4 cm³/mol. The van der Waals surface area contributed by atoms with Gasteiger partial charge in [0.05, 0.1) is 6.61 Å². The summed E-state index contributed by atoms with van der Waals surface area (Å²) in [6.07, 6.45) is 1.65. The van der Waals surface area contributed by atoms with E-state index in [1.165, 1.54) is 0 Å². The van der Waals surface area contributed by atoms with Crippen LogP contribution in [0.3, 0.4) is 0 Å². The highest BCUT2D eigenvalue weighted by molar-refractivity contribution is 5.85. The summed E-state index contributed by atoms with van der Waals surface area (Å²) in [7, 11) is 1.84. The Morgan fingerprint density at radius 3 is 2.62 bits per heavy atom. The fourth-order valence-electron chi connectivity index (χ4n) is 0.650. The van der Waals surface area contributed by atoms with Crippen molar-refractivity contribution in [2.75, 3.05) is 26.7 Å². The normalized spacial score (nSPS) is 8.77. The van der Waals surface area contributed by atoms with E-state index < -0.39 is 0 Å². The van der Waals surface area contributed by atoms with E-state index in [-0.39, 0.29) is 18.5 Å². The van der Waals surface area contributed by atoms with Crippen molar-refractivity contribution in [1.82, 2.24) is 10.6 Å². The lowest BCUT2D eigenvalue weighted by atomic mass is 10.4. The van der Waals surface area contributed by atoms with E-state index in [2.05, 4.69) is 17.6 Å². The first kappa shape index (κ1) is 15.0. The number of halogens is 1. The molecule has 0 radical (unpaired) electrons. The molecule has 0 saturated carbocycles. The molecule has 0 aliphatic rings. The highest BCUT2D eigenvalue weighted by atomic mass is 35.5. The van der Waals surface area contributed by atoms with Crippen molar-refractivity contribution in [2.45, 2.75) is 19.8 Å². The maximum Gasteiger partial charge on any atom is 0.407 e. The van der Waals surface area contributed by atoms with Crippen LogP contribution in [0.15, 0.2) is 0 Å². The number of carbonyl (C=O) groups is 1. The molecule has 0 spiro atoms. The summed E-state index contributed by atoms with van der Waals surface area (Å²) >= 11 is 0. The Hall–Kier alpha value is -0.480. The van der Waals surface area contributed by atoms with Crippen LogP contribution in [0.4, 0.5) is 4.79 Å². The number of nitrogens with one attached hydrogen (secondary N) is 2. The first-order valence-corrected chi connectivity index (χ1v) is 4.36. The van der Waals surface area contributed by atoms with Gasteiger partial charge < -0.3 is 15.4 Å². The van der Waals surface area contributed by atoms with E-state index in [0.29, 0.717) is 13.2 Å². The van der Waals surface area contributed by atoms with Crippen molar-refractivity contribution < 1.29 is 9.53 Å². The third kappa shape index (κ3) is 11.5. The van der Waals surface area contributed by atoms with Crippen molar-refractivity contribution >= 4 is 18.5 Å². The zero-order valence-electron chi connectivity index (χ0n) is 8.26. The molecule has 80 valence electrons. The second-order valence-electron chi connectivity index (χ2n) is 2.52. The van der Waals surface area contributed by atoms with Gasteiger partial charge >= 0.3 is 6.09 Å². The minimum Gasteiger partial charge on any atom is -0.450 e. The van der Waals surface area contributed by atoms with Crippen LogP contribution in [-0.2, 0) is 4.74 Å². The molecule has 0 atom stereocenters. The Morgan fingerprint density at radius 2 is 2.08 bits per heavy atom. The Kier molecular flexibility index (Phi) is 13.3. The van der Waals surface area contributed by atoms with Gasteiger partial charge in [-0.15, -0.1) is 12.4 Å². The SMILES string of the molecule is CCCCOC(=O)NCCNC.Cl. The summed E-state index contributed by atoms with van der Waals surface area (Å²) in [5.74, 6) is 0. The Labute approximate surface area is 85.8 Å². The van der Waals surface area contributed by atoms with Gasteiger partial charge in [0.15, 0.2) is 0 Å². The Morgan fingerprint density at radius 1 is 1.38 bits per heavy atom. The summed E-state index contributed by atoms with van der Waals surface area (Å²) in [5.41, 5.74) is 0. The average Bonchev–Trinajstić information content (AvgIpc) is 2.06. The number of amides is 1. The number of carbonyl (C=O) groups excluding carboxylic acids is 1. The van der Waals surface area contributed by atoms with Crippen molar-refractivity contribution in [3.05, 3.63) is 0 Å². The zero-order chi connectivity index (χ0) is 9.23. The van der Waals surface area contributed by atoms with Gasteiger partial charge in [0, 0.05) is 13.1 Å². The standard InChI is InChI=1S/C8H18N2O2.ClH/c1-3-4-7-12-8(11)10-6-5-9-2;/h9H,3-7H2,1-2H3,(H,10,11);1H. The molecule has 0 aromatic rings. The number of rotatable bonds is 6. The number of ether oxygens (including phenoxy) is 1. The van der Waals surface area contributed by atoms with Crippen LogP contribution >= 0.6 is 12.4 Å². The van der Waals surface area contributed by atoms with Crippen LogP contribution in [0, 0.1) is 0 Å². The topological polar surface area (TPSA) is 50.4 Å². The predicted octanol–water partition coefficient (Wildman–Crippen LogP) is 1.15. The largest absolute Gasteiger partial charge is 0.450 e. The third-order valence-electron chi connectivity index (χ3n) is 1.38. The molecular weight excluding hydrogens is 192 g/mol. The Bertz CT molecular complexity index is 111. The molecule has 4 nitrogen and oxygen atoms in total. The fourth-order valence-corrected chi connectivity index (χ4v) is 0.650. The molecule has 0 aliphatic heterocycles. The van der Waals surface area contributed by atoms with Crippen molar-refractivity contribution in [2.24, 2.45) is 0 Å². The molecule has 0 heterocycles. The van der Waals surface area contributed by atoms with Crippen molar-refractivity contribution in [1.29, 1.82) is 0 Å². The molecule has 0 rings (SSSR count). The van der Waals surface area contributed by atoms with Crippen LogP contribution in [0.1, 0.15) is 19.8 Å². The van der Waals surface area contributed by atoms with E-state index in [9.17, 15) is 4.79 Å². The van der Waals surface area contributed by atoms with Gasteiger partial charge in [0.2, 0.25) is 0 Å². The van der Waals surface area contributed by atoms with E-state index in [1.807, 2.05) is 7.05 Å². The summed E-state index contributed by atoms with van der Waals surface area (Å²) in [5, 5.41) is 5.54. The molecule has 0 bridgehead atoms. The lowest BCUT2D eigenvalue weighted by Crippen LogP contribution is -2.31. The van der Waals surface area contributed by atoms with Crippen LogP contribution in [0.5, 0.6) is 0 Å². The van der Waals surface area contributed by atoms with Gasteiger partial charge in [-0.05, 0) is 13.5 Å². The number of likely N-dealkylation sites (N-methyl/N-ethyl adjacent to an activating group) is 1. The second-order valence-corrected chi connectivity index (χ2v) is 2.52. The minimum absolute atomic E-state index is 0. The minimum atomic E-state index is -0.321. The molecule has 2 N–H and O–H groups in total. The van der Waals surface area contributed by atoms with Crippen LogP contribution in [-0.4, -0.2) is 32.8 Å².